The SMILES string of the molecule is CC(C)N(C)C(=O)[C@H]1CSCN1S(=O)(=O)c1ccc(Cl)c(C(F)(F)F)c1. The van der Waals surface area contributed by atoms with Gasteiger partial charge in [-0.05, 0) is 32.0 Å². The molecule has 1 atom stereocenters. The zero-order valence-corrected chi connectivity index (χ0v) is 16.6. The first-order valence-electron chi connectivity index (χ1n) is 7.60. The molecule has 1 aliphatic heterocycles. The fraction of sp³-hybridized carbons (Fsp3) is 0.533. The van der Waals surface area contributed by atoms with Crippen molar-refractivity contribution in [2.24, 2.45) is 0 Å². The fourth-order valence-corrected chi connectivity index (χ4v) is 5.75. The third-order valence-electron chi connectivity index (χ3n) is 4.10. The van der Waals surface area contributed by atoms with Gasteiger partial charge in [-0.3, -0.25) is 4.79 Å². The molecule has 146 valence electrons. The van der Waals surface area contributed by atoms with Gasteiger partial charge in [0.25, 0.3) is 0 Å². The van der Waals surface area contributed by atoms with Crippen LogP contribution in [0.5, 0.6) is 0 Å². The van der Waals surface area contributed by atoms with Gasteiger partial charge in [-0.25, -0.2) is 8.42 Å². The van der Waals surface area contributed by atoms with Crippen molar-refractivity contribution >= 4 is 39.3 Å². The number of hydrogen-bond donors (Lipinski definition) is 0. The van der Waals surface area contributed by atoms with Gasteiger partial charge in [0, 0.05) is 18.8 Å². The number of thioether (sulfide) groups is 1. The number of carbonyl (C=O) groups is 1. The number of hydrogen-bond acceptors (Lipinski definition) is 4. The van der Waals surface area contributed by atoms with Crippen LogP contribution < -0.4 is 0 Å². The quantitative estimate of drug-likeness (QED) is 0.735. The summed E-state index contributed by atoms with van der Waals surface area (Å²) >= 11 is 6.79. The number of rotatable bonds is 4. The molecule has 0 aliphatic carbocycles. The Morgan fingerprint density at radius 2 is 2.00 bits per heavy atom. The van der Waals surface area contributed by atoms with Crippen molar-refractivity contribution in [2.45, 2.75) is 37.0 Å². The molecule has 0 N–H and O–H groups in total. The van der Waals surface area contributed by atoms with Crippen molar-refractivity contribution in [3.8, 4) is 0 Å². The molecular formula is C15H18ClF3N2O3S2. The van der Waals surface area contributed by atoms with Crippen LogP contribution in [0.1, 0.15) is 19.4 Å². The Balaban J connectivity index is 2.42. The van der Waals surface area contributed by atoms with E-state index in [1.165, 1.54) is 16.7 Å². The first-order chi connectivity index (χ1) is 11.9. The first kappa shape index (κ1) is 21.3. The lowest BCUT2D eigenvalue weighted by molar-refractivity contribution is -0.137. The Morgan fingerprint density at radius 1 is 1.38 bits per heavy atom. The maximum Gasteiger partial charge on any atom is 0.417 e. The molecular weight excluding hydrogens is 413 g/mol. The first-order valence-corrected chi connectivity index (χ1v) is 10.6. The van der Waals surface area contributed by atoms with Crippen molar-refractivity contribution < 1.29 is 26.4 Å². The number of amides is 1. The average Bonchev–Trinajstić information content (AvgIpc) is 3.02. The summed E-state index contributed by atoms with van der Waals surface area (Å²) in [6.45, 7) is 3.57. The van der Waals surface area contributed by atoms with Crippen LogP contribution in [0.3, 0.4) is 0 Å². The van der Waals surface area contributed by atoms with E-state index >= 15 is 0 Å². The van der Waals surface area contributed by atoms with Crippen LogP contribution in [0.15, 0.2) is 23.1 Å². The highest BCUT2D eigenvalue weighted by Gasteiger charge is 2.42. The van der Waals surface area contributed by atoms with Crippen molar-refractivity contribution in [3.63, 3.8) is 0 Å². The highest BCUT2D eigenvalue weighted by molar-refractivity contribution is 8.00. The second-order valence-corrected chi connectivity index (χ2v) is 9.39. The number of carbonyl (C=O) groups excluding carboxylic acids is 1. The van der Waals surface area contributed by atoms with Gasteiger partial charge in [-0.1, -0.05) is 11.6 Å². The number of benzene rings is 1. The molecule has 11 heteroatoms. The van der Waals surface area contributed by atoms with Crippen LogP contribution in [0.2, 0.25) is 5.02 Å². The highest BCUT2D eigenvalue weighted by Crippen LogP contribution is 2.37. The average molecular weight is 431 g/mol. The third kappa shape index (κ3) is 4.13. The molecule has 2 rings (SSSR count). The van der Waals surface area contributed by atoms with E-state index in [9.17, 15) is 26.4 Å². The van der Waals surface area contributed by atoms with Gasteiger partial charge >= 0.3 is 6.18 Å². The van der Waals surface area contributed by atoms with Crippen LogP contribution >= 0.6 is 23.4 Å². The molecule has 0 saturated carbocycles. The van der Waals surface area contributed by atoms with E-state index in [0.717, 1.165) is 16.4 Å². The van der Waals surface area contributed by atoms with Crippen LogP contribution in [-0.2, 0) is 21.0 Å². The van der Waals surface area contributed by atoms with Crippen molar-refractivity contribution in [1.29, 1.82) is 0 Å². The van der Waals surface area contributed by atoms with Crippen LogP contribution in [0.25, 0.3) is 0 Å². The molecule has 1 heterocycles. The minimum absolute atomic E-state index is 0.00530. The fourth-order valence-electron chi connectivity index (χ4n) is 2.37. The minimum Gasteiger partial charge on any atom is -0.342 e. The molecule has 1 aromatic rings. The third-order valence-corrected chi connectivity index (χ3v) is 7.45. The molecule has 1 fully saturated rings. The van der Waals surface area contributed by atoms with E-state index in [4.69, 9.17) is 11.6 Å². The molecule has 0 radical (unpaired) electrons. The van der Waals surface area contributed by atoms with Crippen LogP contribution in [0.4, 0.5) is 13.2 Å². The predicted molar refractivity (Wildman–Crippen MR) is 94.5 cm³/mol. The Labute approximate surface area is 159 Å². The highest BCUT2D eigenvalue weighted by atomic mass is 35.5. The largest absolute Gasteiger partial charge is 0.417 e. The van der Waals surface area contributed by atoms with Gasteiger partial charge < -0.3 is 4.90 Å². The summed E-state index contributed by atoms with van der Waals surface area (Å²) in [5.74, 6) is -0.151. The normalized spacial score (nSPS) is 19.2. The summed E-state index contributed by atoms with van der Waals surface area (Å²) in [5.41, 5.74) is -1.23. The van der Waals surface area contributed by atoms with E-state index in [0.29, 0.717) is 6.07 Å². The van der Waals surface area contributed by atoms with Crippen molar-refractivity contribution in [2.75, 3.05) is 18.7 Å². The maximum absolute atomic E-state index is 13.0. The lowest BCUT2D eigenvalue weighted by atomic mass is 10.2. The zero-order chi connectivity index (χ0) is 19.9. The van der Waals surface area contributed by atoms with Gasteiger partial charge in [0.15, 0.2) is 0 Å². The number of likely N-dealkylation sites (N-methyl/N-ethyl adjacent to an activating group) is 1. The lowest BCUT2D eigenvalue weighted by Crippen LogP contribution is -2.49. The van der Waals surface area contributed by atoms with E-state index in [1.807, 2.05) is 0 Å². The molecule has 1 amide bonds. The summed E-state index contributed by atoms with van der Waals surface area (Å²) in [6.07, 6.45) is -4.78. The molecule has 0 bridgehead atoms. The summed E-state index contributed by atoms with van der Waals surface area (Å²) < 4.78 is 65.8. The van der Waals surface area contributed by atoms with Gasteiger partial charge in [0.1, 0.15) is 6.04 Å². The maximum atomic E-state index is 13.0. The minimum atomic E-state index is -4.78. The molecule has 0 unspecified atom stereocenters. The molecule has 0 aromatic heterocycles. The van der Waals surface area contributed by atoms with Crippen LogP contribution in [-0.4, -0.2) is 54.3 Å². The van der Waals surface area contributed by atoms with E-state index in [-0.39, 0.29) is 17.7 Å². The molecule has 26 heavy (non-hydrogen) atoms. The summed E-state index contributed by atoms with van der Waals surface area (Å²) in [4.78, 5) is 13.4. The Morgan fingerprint density at radius 3 is 2.54 bits per heavy atom. The van der Waals surface area contributed by atoms with E-state index in [1.54, 1.807) is 20.9 Å². The summed E-state index contributed by atoms with van der Waals surface area (Å²) in [6, 6.07) is 1.34. The van der Waals surface area contributed by atoms with Gasteiger partial charge in [-0.2, -0.15) is 17.5 Å². The van der Waals surface area contributed by atoms with Crippen LogP contribution in [0, 0.1) is 0 Å². The molecule has 0 spiro atoms. The monoisotopic (exact) mass is 430 g/mol. The van der Waals surface area contributed by atoms with Gasteiger partial charge in [0.2, 0.25) is 15.9 Å². The van der Waals surface area contributed by atoms with E-state index in [2.05, 4.69) is 0 Å². The van der Waals surface area contributed by atoms with Crippen molar-refractivity contribution in [1.82, 2.24) is 9.21 Å². The zero-order valence-electron chi connectivity index (χ0n) is 14.2. The number of halogens is 4. The lowest BCUT2D eigenvalue weighted by Gasteiger charge is -2.29. The Kier molecular flexibility index (Phi) is 6.21. The van der Waals surface area contributed by atoms with Gasteiger partial charge in [-0.15, -0.1) is 11.8 Å². The molecule has 1 saturated heterocycles. The topological polar surface area (TPSA) is 57.7 Å². The number of nitrogens with zero attached hydrogens (tertiary/aromatic N) is 2. The van der Waals surface area contributed by atoms with Gasteiger partial charge in [0.05, 0.1) is 21.4 Å². The molecule has 1 aliphatic rings. The number of sulfonamides is 1. The number of alkyl halides is 3. The second kappa shape index (κ2) is 7.57. The molecule has 5 nitrogen and oxygen atoms in total. The second-order valence-electron chi connectivity index (χ2n) is 6.09. The Bertz CT molecular complexity index is 800. The summed E-state index contributed by atoms with van der Waals surface area (Å²) in [7, 11) is -2.72. The summed E-state index contributed by atoms with van der Waals surface area (Å²) in [5, 5.41) is -0.584. The van der Waals surface area contributed by atoms with E-state index < -0.39 is 43.6 Å². The smallest absolute Gasteiger partial charge is 0.342 e. The predicted octanol–water partition coefficient (Wildman–Crippen LogP) is 3.29. The Hall–Kier alpha value is -0.970. The standard InChI is InChI=1S/C15H18ClF3N2O3S2/c1-9(2)20(3)14(22)13-7-25-8-21(13)26(23,24)10-4-5-12(16)11(6-10)15(17,18)19/h4-6,9,13H,7-8H2,1-3H3/t13-/m1/s1. The molecule has 1 aromatic carbocycles. The van der Waals surface area contributed by atoms with Crippen molar-refractivity contribution in [3.05, 3.63) is 28.8 Å².